The van der Waals surface area contributed by atoms with E-state index in [1.807, 2.05) is 30.3 Å². The fourth-order valence-electron chi connectivity index (χ4n) is 2.95. The van der Waals surface area contributed by atoms with Crippen LogP contribution in [0.4, 0.5) is 0 Å². The van der Waals surface area contributed by atoms with Crippen molar-refractivity contribution >= 4 is 5.91 Å². The van der Waals surface area contributed by atoms with Crippen molar-refractivity contribution in [3.63, 3.8) is 0 Å². The first-order valence-corrected chi connectivity index (χ1v) is 8.74. The van der Waals surface area contributed by atoms with Gasteiger partial charge in [0.1, 0.15) is 24.4 Å². The Morgan fingerprint density at radius 3 is 2.26 bits per heavy atom. The highest BCUT2D eigenvalue weighted by molar-refractivity contribution is 5.94. The summed E-state index contributed by atoms with van der Waals surface area (Å²) in [5, 5.41) is 32.7. The zero-order valence-corrected chi connectivity index (χ0v) is 14.6. The van der Waals surface area contributed by atoms with Crippen molar-refractivity contribution in [2.24, 2.45) is 0 Å². The van der Waals surface area contributed by atoms with Crippen LogP contribution in [0.1, 0.15) is 15.9 Å². The van der Waals surface area contributed by atoms with Gasteiger partial charge in [0.25, 0.3) is 5.91 Å². The number of hydrogen-bond donors (Lipinski definition) is 4. The van der Waals surface area contributed by atoms with Crippen LogP contribution in [0.25, 0.3) is 0 Å². The van der Waals surface area contributed by atoms with Crippen molar-refractivity contribution in [1.29, 1.82) is 0 Å². The summed E-state index contributed by atoms with van der Waals surface area (Å²) in [6.45, 7) is -0.299. The van der Waals surface area contributed by atoms with Crippen LogP contribution in [0.2, 0.25) is 0 Å². The molecule has 1 saturated heterocycles. The van der Waals surface area contributed by atoms with Gasteiger partial charge < -0.3 is 30.1 Å². The summed E-state index contributed by atoms with van der Waals surface area (Å²) in [6.07, 6.45) is -4.75. The van der Waals surface area contributed by atoms with Crippen molar-refractivity contribution in [3.05, 3.63) is 71.8 Å². The van der Waals surface area contributed by atoms with Gasteiger partial charge in [-0.25, -0.2) is 0 Å². The van der Waals surface area contributed by atoms with Gasteiger partial charge in [0.2, 0.25) is 0 Å². The quantitative estimate of drug-likeness (QED) is 0.585. The lowest BCUT2D eigenvalue weighted by Crippen LogP contribution is -2.64. The first-order valence-electron chi connectivity index (χ1n) is 8.74. The van der Waals surface area contributed by atoms with Crippen LogP contribution >= 0.6 is 0 Å². The summed E-state index contributed by atoms with van der Waals surface area (Å²) < 4.78 is 11.3. The Morgan fingerprint density at radius 2 is 1.63 bits per heavy atom. The molecule has 1 fully saturated rings. The average Bonchev–Trinajstić information content (AvgIpc) is 2.72. The number of benzene rings is 2. The molecule has 0 saturated carbocycles. The average molecular weight is 373 g/mol. The third-order valence-corrected chi connectivity index (χ3v) is 4.47. The van der Waals surface area contributed by atoms with Crippen molar-refractivity contribution < 1.29 is 29.6 Å². The number of amides is 1. The predicted octanol–water partition coefficient (Wildman–Crippen LogP) is 0.441. The fraction of sp³-hybridized carbons (Fsp3) is 0.350. The number of rotatable bonds is 6. The van der Waals surface area contributed by atoms with Gasteiger partial charge in [-0.15, -0.1) is 0 Å². The van der Waals surface area contributed by atoms with Gasteiger partial charge in [-0.2, -0.15) is 0 Å². The standard InChI is InChI=1S/C20H23NO6/c22-11-15-17(23)18(24)16(21-19(25)14-9-5-2-6-10-14)20(27-15)26-12-13-7-3-1-4-8-13/h1-10,15-18,20,22-24H,11-12H2,(H,21,25)/t15-,16-,17-,18-,20-/m1/s1. The third kappa shape index (κ3) is 4.71. The molecule has 1 aliphatic heterocycles. The molecule has 7 heteroatoms. The number of carbonyl (C=O) groups is 1. The Morgan fingerprint density at radius 1 is 1.00 bits per heavy atom. The van der Waals surface area contributed by atoms with Gasteiger partial charge in [-0.05, 0) is 17.7 Å². The molecule has 2 aromatic carbocycles. The van der Waals surface area contributed by atoms with E-state index in [4.69, 9.17) is 9.47 Å². The Hall–Kier alpha value is -2.29. The molecule has 0 unspecified atom stereocenters. The summed E-state index contributed by atoms with van der Waals surface area (Å²) in [5.41, 5.74) is 1.29. The number of carbonyl (C=O) groups excluding carboxylic acids is 1. The maximum atomic E-state index is 12.5. The molecular formula is C20H23NO6. The van der Waals surface area contributed by atoms with Crippen LogP contribution in [0.3, 0.4) is 0 Å². The molecule has 0 spiro atoms. The van der Waals surface area contributed by atoms with Crippen molar-refractivity contribution in [3.8, 4) is 0 Å². The predicted molar refractivity (Wildman–Crippen MR) is 96.7 cm³/mol. The lowest BCUT2D eigenvalue weighted by Gasteiger charge is -2.42. The Bertz CT molecular complexity index is 726. The molecule has 144 valence electrons. The van der Waals surface area contributed by atoms with E-state index in [0.29, 0.717) is 5.56 Å². The zero-order valence-electron chi connectivity index (χ0n) is 14.6. The first-order chi connectivity index (χ1) is 13.1. The van der Waals surface area contributed by atoms with E-state index in [0.717, 1.165) is 5.56 Å². The molecule has 27 heavy (non-hydrogen) atoms. The maximum Gasteiger partial charge on any atom is 0.251 e. The highest BCUT2D eigenvalue weighted by Crippen LogP contribution is 2.23. The smallest absolute Gasteiger partial charge is 0.251 e. The minimum Gasteiger partial charge on any atom is -0.394 e. The Kier molecular flexibility index (Phi) is 6.54. The van der Waals surface area contributed by atoms with Crippen LogP contribution in [0.5, 0.6) is 0 Å². The zero-order chi connectivity index (χ0) is 19.2. The Balaban J connectivity index is 1.74. The van der Waals surface area contributed by atoms with E-state index < -0.39 is 43.2 Å². The lowest BCUT2D eigenvalue weighted by molar-refractivity contribution is -0.272. The van der Waals surface area contributed by atoms with Gasteiger partial charge in [0.05, 0.1) is 13.2 Å². The molecule has 2 aromatic rings. The summed E-state index contributed by atoms with van der Waals surface area (Å²) in [5.74, 6) is -0.425. The largest absolute Gasteiger partial charge is 0.394 e. The molecule has 3 rings (SSSR count). The van der Waals surface area contributed by atoms with Crippen molar-refractivity contribution in [2.75, 3.05) is 6.61 Å². The SMILES string of the molecule is O=C(N[C@H]1[C@H](OCc2ccccc2)O[C@H](CO)[C@@H](O)[C@@H]1O)c1ccccc1. The van der Waals surface area contributed by atoms with Crippen LogP contribution < -0.4 is 5.32 Å². The maximum absolute atomic E-state index is 12.5. The van der Waals surface area contributed by atoms with E-state index in [1.165, 1.54) is 0 Å². The second-order valence-corrected chi connectivity index (χ2v) is 6.37. The van der Waals surface area contributed by atoms with Crippen LogP contribution in [0.15, 0.2) is 60.7 Å². The second kappa shape index (κ2) is 9.07. The van der Waals surface area contributed by atoms with E-state index in [-0.39, 0.29) is 6.61 Å². The minimum absolute atomic E-state index is 0.185. The van der Waals surface area contributed by atoms with Crippen LogP contribution in [-0.2, 0) is 16.1 Å². The first kappa shape index (κ1) is 19.5. The third-order valence-electron chi connectivity index (χ3n) is 4.47. The molecule has 0 aliphatic carbocycles. The molecule has 1 amide bonds. The highest BCUT2D eigenvalue weighted by Gasteiger charge is 2.45. The van der Waals surface area contributed by atoms with Gasteiger partial charge >= 0.3 is 0 Å². The van der Waals surface area contributed by atoms with Crippen LogP contribution in [-0.4, -0.2) is 58.5 Å². The fourth-order valence-corrected chi connectivity index (χ4v) is 2.95. The van der Waals surface area contributed by atoms with Crippen molar-refractivity contribution in [1.82, 2.24) is 5.32 Å². The molecule has 1 heterocycles. The molecule has 1 aliphatic rings. The summed E-state index contributed by atoms with van der Waals surface area (Å²) >= 11 is 0. The lowest BCUT2D eigenvalue weighted by atomic mass is 9.96. The molecule has 0 bridgehead atoms. The van der Waals surface area contributed by atoms with Gasteiger partial charge in [0, 0.05) is 5.56 Å². The highest BCUT2D eigenvalue weighted by atomic mass is 16.7. The van der Waals surface area contributed by atoms with E-state index in [9.17, 15) is 20.1 Å². The summed E-state index contributed by atoms with van der Waals surface area (Å²) in [4.78, 5) is 12.5. The van der Waals surface area contributed by atoms with Gasteiger partial charge in [-0.3, -0.25) is 4.79 Å². The molecule has 7 nitrogen and oxygen atoms in total. The van der Waals surface area contributed by atoms with Gasteiger partial charge in [0.15, 0.2) is 6.29 Å². The molecule has 0 radical (unpaired) electrons. The van der Waals surface area contributed by atoms with Gasteiger partial charge in [-0.1, -0.05) is 48.5 Å². The number of ether oxygens (including phenoxy) is 2. The second-order valence-electron chi connectivity index (χ2n) is 6.37. The summed E-state index contributed by atoms with van der Waals surface area (Å²) in [6, 6.07) is 16.9. The van der Waals surface area contributed by atoms with E-state index >= 15 is 0 Å². The molecule has 4 N–H and O–H groups in total. The molecule has 5 atom stereocenters. The minimum atomic E-state index is -1.36. The number of hydrogen-bond acceptors (Lipinski definition) is 6. The topological polar surface area (TPSA) is 108 Å². The number of aliphatic hydroxyl groups excluding tert-OH is 3. The normalized spacial score (nSPS) is 27.9. The molecular weight excluding hydrogens is 350 g/mol. The molecule has 0 aromatic heterocycles. The number of nitrogens with one attached hydrogen (secondary N) is 1. The van der Waals surface area contributed by atoms with E-state index in [2.05, 4.69) is 5.32 Å². The van der Waals surface area contributed by atoms with Crippen molar-refractivity contribution in [2.45, 2.75) is 37.3 Å². The van der Waals surface area contributed by atoms with Crippen LogP contribution in [0, 0.1) is 0 Å². The number of aliphatic hydroxyl groups is 3. The monoisotopic (exact) mass is 373 g/mol. The summed E-state index contributed by atoms with van der Waals surface area (Å²) in [7, 11) is 0. The Labute approximate surface area is 157 Å². The van der Waals surface area contributed by atoms with E-state index in [1.54, 1.807) is 30.3 Å².